The molecule has 1 saturated heterocycles. The number of carbonyl (C=O) groups is 4. The van der Waals surface area contributed by atoms with Gasteiger partial charge < -0.3 is 14.6 Å². The molecule has 1 fully saturated rings. The monoisotopic (exact) mass is 425 g/mol. The second-order valence-corrected chi connectivity index (χ2v) is 12.1. The lowest BCUT2D eigenvalue weighted by Gasteiger charge is -2.32. The molecule has 0 saturated carbocycles. The number of piperazine rings is 1. The molecule has 0 bridgehead atoms. The van der Waals surface area contributed by atoms with Gasteiger partial charge in [0.1, 0.15) is 11.8 Å². The summed E-state index contributed by atoms with van der Waals surface area (Å²) >= 11 is 5.66. The van der Waals surface area contributed by atoms with E-state index in [-0.39, 0.29) is 13.1 Å². The summed E-state index contributed by atoms with van der Waals surface area (Å²) in [6.45, 7) is 8.56. The number of amides is 4. The molecule has 8 nitrogen and oxygen atoms in total. The third-order valence-corrected chi connectivity index (χ3v) is 5.13. The summed E-state index contributed by atoms with van der Waals surface area (Å²) < 4.78 is 5.86. The highest BCUT2D eigenvalue weighted by Crippen LogP contribution is 2.22. The molecule has 1 atom stereocenters. The number of urea groups is 1. The molecule has 1 heterocycles. The number of benzene rings is 1. The molecule has 28 heavy (non-hydrogen) atoms. The summed E-state index contributed by atoms with van der Waals surface area (Å²) in [6, 6.07) is 4.66. The topological polar surface area (TPSA) is 96.0 Å². The molecule has 0 aromatic heterocycles. The number of carbonyl (C=O) groups excluding carboxylic acids is 4. The predicted octanol–water partition coefficient (Wildman–Crippen LogP) is 2.11. The first kappa shape index (κ1) is 21.9. The van der Waals surface area contributed by atoms with Crippen molar-refractivity contribution in [1.82, 2.24) is 15.1 Å². The van der Waals surface area contributed by atoms with Crippen LogP contribution in [0.25, 0.3) is 0 Å². The van der Waals surface area contributed by atoms with Crippen molar-refractivity contribution in [3.05, 3.63) is 29.8 Å². The number of nitrogens with one attached hydrogen (secondary N) is 1. The fourth-order valence-electron chi connectivity index (χ4n) is 2.72. The van der Waals surface area contributed by atoms with Gasteiger partial charge in [-0.2, -0.15) is 0 Å². The van der Waals surface area contributed by atoms with Crippen molar-refractivity contribution >= 4 is 43.0 Å². The average molecular weight is 426 g/mol. The van der Waals surface area contributed by atoms with Gasteiger partial charge in [-0.15, -0.1) is 0 Å². The summed E-state index contributed by atoms with van der Waals surface area (Å²) in [6.07, 6.45) is 0. The molecule has 10 heteroatoms. The quantitative estimate of drug-likeness (QED) is 0.427. The highest BCUT2D eigenvalue weighted by molar-refractivity contribution is 6.70. The van der Waals surface area contributed by atoms with Gasteiger partial charge in [0.2, 0.25) is 13.6 Å². The zero-order valence-electron chi connectivity index (χ0n) is 16.3. The lowest BCUT2D eigenvalue weighted by Crippen LogP contribution is -2.58. The lowest BCUT2D eigenvalue weighted by atomic mass is 10.1. The van der Waals surface area contributed by atoms with E-state index in [1.54, 1.807) is 31.2 Å². The molecule has 152 valence electrons. The number of likely N-dealkylation sites (N-methyl/N-ethyl adjacent to an activating group) is 1. The number of rotatable bonds is 6. The predicted molar refractivity (Wildman–Crippen MR) is 107 cm³/mol. The molecule has 4 amide bonds. The molecule has 0 radical (unpaired) electrons. The first-order valence-electron chi connectivity index (χ1n) is 8.93. The molecule has 1 unspecified atom stereocenters. The molecular formula is C18H24ClN3O5Si. The van der Waals surface area contributed by atoms with E-state index in [1.165, 1.54) is 4.90 Å². The van der Waals surface area contributed by atoms with Crippen LogP contribution in [-0.2, 0) is 14.4 Å². The third-order valence-electron chi connectivity index (χ3n) is 4.07. The Kier molecular flexibility index (Phi) is 6.84. The van der Waals surface area contributed by atoms with Crippen molar-refractivity contribution in [1.29, 1.82) is 0 Å². The summed E-state index contributed by atoms with van der Waals surface area (Å²) in [4.78, 5) is 50.6. The Labute approximate surface area is 169 Å². The maximum Gasteiger partial charge on any atom is 0.325 e. The first-order valence-corrected chi connectivity index (χ1v) is 12.7. The van der Waals surface area contributed by atoms with Gasteiger partial charge in [0.05, 0.1) is 0 Å². The van der Waals surface area contributed by atoms with Crippen LogP contribution in [0.1, 0.15) is 18.5 Å². The van der Waals surface area contributed by atoms with Crippen LogP contribution in [0.5, 0.6) is 5.75 Å². The van der Waals surface area contributed by atoms with Crippen LogP contribution in [0.4, 0.5) is 4.79 Å². The summed E-state index contributed by atoms with van der Waals surface area (Å²) in [5.74, 6) is -1.01. The Morgan fingerprint density at radius 3 is 2.25 bits per heavy atom. The van der Waals surface area contributed by atoms with Gasteiger partial charge in [0.15, 0.2) is 0 Å². The Balaban J connectivity index is 2.13. The van der Waals surface area contributed by atoms with Crippen LogP contribution in [-0.4, -0.2) is 60.8 Å². The lowest BCUT2D eigenvalue weighted by molar-refractivity contribution is -0.153. The van der Waals surface area contributed by atoms with E-state index >= 15 is 0 Å². The van der Waals surface area contributed by atoms with Crippen LogP contribution in [0.3, 0.4) is 0 Å². The zero-order chi connectivity index (χ0) is 21.1. The fraction of sp³-hybridized carbons (Fsp3) is 0.444. The smallest absolute Gasteiger partial charge is 0.325 e. The summed E-state index contributed by atoms with van der Waals surface area (Å²) in [5, 5.41) is 1.63. The van der Waals surface area contributed by atoms with E-state index < -0.39 is 37.4 Å². The highest BCUT2D eigenvalue weighted by Gasteiger charge is 2.36. The Morgan fingerprint density at radius 2 is 1.75 bits per heavy atom. The third kappa shape index (κ3) is 5.32. The molecule has 0 aliphatic carbocycles. The van der Waals surface area contributed by atoms with Crippen molar-refractivity contribution in [2.24, 2.45) is 0 Å². The molecule has 1 aromatic rings. The molecule has 1 N–H and O–H groups in total. The number of imide groups is 1. The van der Waals surface area contributed by atoms with E-state index in [0.29, 0.717) is 17.9 Å². The molecular weight excluding hydrogens is 402 g/mol. The van der Waals surface area contributed by atoms with Crippen LogP contribution < -0.4 is 9.74 Å². The van der Waals surface area contributed by atoms with Gasteiger partial charge >= 0.3 is 17.8 Å². The SMILES string of the molecule is CCN1CCN(C(=O)NC(C(=O)Cl)c2ccc(O[Si](C)(C)C)cc2)C(=O)C1=O. The van der Waals surface area contributed by atoms with Crippen molar-refractivity contribution in [3.63, 3.8) is 0 Å². The van der Waals surface area contributed by atoms with Gasteiger partial charge in [0.25, 0.3) is 0 Å². The van der Waals surface area contributed by atoms with E-state index in [4.69, 9.17) is 16.0 Å². The Hall–Kier alpha value is -2.39. The van der Waals surface area contributed by atoms with Crippen LogP contribution >= 0.6 is 11.6 Å². The molecule has 2 rings (SSSR count). The summed E-state index contributed by atoms with van der Waals surface area (Å²) in [5.41, 5.74) is 0.447. The number of hydrogen-bond donors (Lipinski definition) is 1. The van der Waals surface area contributed by atoms with E-state index in [9.17, 15) is 19.2 Å². The highest BCUT2D eigenvalue weighted by atomic mass is 35.5. The van der Waals surface area contributed by atoms with Crippen LogP contribution in [0, 0.1) is 0 Å². The molecule has 1 aliphatic heterocycles. The number of hydrogen-bond acceptors (Lipinski definition) is 5. The fourth-order valence-corrected chi connectivity index (χ4v) is 3.75. The number of halogens is 1. The van der Waals surface area contributed by atoms with Crippen molar-refractivity contribution in [2.75, 3.05) is 19.6 Å². The molecule has 0 spiro atoms. The minimum atomic E-state index is -1.78. The summed E-state index contributed by atoms with van der Waals surface area (Å²) in [7, 11) is -1.78. The normalized spacial score (nSPS) is 16.0. The first-order chi connectivity index (χ1) is 13.0. The molecule has 1 aliphatic rings. The largest absolute Gasteiger partial charge is 0.544 e. The van der Waals surface area contributed by atoms with Crippen molar-refractivity contribution < 1.29 is 23.6 Å². The van der Waals surface area contributed by atoms with Crippen molar-refractivity contribution in [3.8, 4) is 5.75 Å². The minimum Gasteiger partial charge on any atom is -0.544 e. The minimum absolute atomic E-state index is 0.0520. The zero-order valence-corrected chi connectivity index (χ0v) is 18.1. The van der Waals surface area contributed by atoms with Gasteiger partial charge in [-0.25, -0.2) is 4.79 Å². The second-order valence-electron chi connectivity index (χ2n) is 7.31. The van der Waals surface area contributed by atoms with Gasteiger partial charge in [-0.1, -0.05) is 12.1 Å². The standard InChI is InChI=1S/C18H24ClN3O5Si/c1-5-21-10-11-22(17(25)16(21)24)18(26)20-14(15(19)23)12-6-8-13(9-7-12)27-28(2,3)4/h6-9,14H,5,10-11H2,1-4H3,(H,20,26). The van der Waals surface area contributed by atoms with Gasteiger partial charge in [-0.3, -0.25) is 19.3 Å². The van der Waals surface area contributed by atoms with E-state index in [1.807, 2.05) is 19.6 Å². The van der Waals surface area contributed by atoms with Gasteiger partial charge in [0, 0.05) is 19.6 Å². The van der Waals surface area contributed by atoms with Crippen LogP contribution in [0.2, 0.25) is 19.6 Å². The Morgan fingerprint density at radius 1 is 1.14 bits per heavy atom. The van der Waals surface area contributed by atoms with Gasteiger partial charge in [-0.05, 0) is 55.9 Å². The van der Waals surface area contributed by atoms with Crippen LogP contribution in [0.15, 0.2) is 24.3 Å². The molecule has 1 aromatic carbocycles. The van der Waals surface area contributed by atoms with E-state index in [0.717, 1.165) is 4.90 Å². The maximum atomic E-state index is 12.5. The maximum absolute atomic E-state index is 12.5. The Bertz CT molecular complexity index is 778. The second kappa shape index (κ2) is 8.74. The van der Waals surface area contributed by atoms with E-state index in [2.05, 4.69) is 5.32 Å². The van der Waals surface area contributed by atoms with Crippen molar-refractivity contribution in [2.45, 2.75) is 32.6 Å². The number of nitrogens with zero attached hydrogens (tertiary/aromatic N) is 2. The average Bonchev–Trinajstić information content (AvgIpc) is 2.61.